The van der Waals surface area contributed by atoms with E-state index in [2.05, 4.69) is 54.6 Å². The van der Waals surface area contributed by atoms with E-state index < -0.39 is 5.41 Å². The molecule has 1 heteroatoms. The lowest BCUT2D eigenvalue weighted by Crippen LogP contribution is -2.26. The second kappa shape index (κ2) is 6.42. The number of nitrogens with zero attached hydrogens (tertiary/aromatic N) is 1. The van der Waals surface area contributed by atoms with Crippen molar-refractivity contribution in [2.75, 3.05) is 0 Å². The minimum absolute atomic E-state index is 0.589. The number of nitriles is 1. The Hall–Kier alpha value is -3.11. The summed E-state index contributed by atoms with van der Waals surface area (Å²) in [7, 11) is 0. The van der Waals surface area contributed by atoms with Crippen molar-refractivity contribution < 1.29 is 0 Å². The van der Waals surface area contributed by atoms with Crippen molar-refractivity contribution in [3.8, 4) is 6.07 Å². The molecular formula is C24H19N. The van der Waals surface area contributed by atoms with E-state index in [4.69, 9.17) is 0 Å². The number of hydrogen-bond acceptors (Lipinski definition) is 1. The van der Waals surface area contributed by atoms with Gasteiger partial charge in [-0.15, -0.1) is 0 Å². The standard InChI is InChI=1S/C24H19N/c25-18-24(21-14-8-3-9-15-21,17-19-10-4-1-5-11-19)23-16-22(23)20-12-6-2-7-13-20/h1-15H,16-17H2. The highest BCUT2D eigenvalue weighted by Crippen LogP contribution is 2.52. The van der Waals surface area contributed by atoms with Crippen LogP contribution in [0.15, 0.2) is 96.6 Å². The third-order valence-electron chi connectivity index (χ3n) is 5.00. The fourth-order valence-corrected chi connectivity index (χ4v) is 3.64. The number of rotatable bonds is 5. The summed E-state index contributed by atoms with van der Waals surface area (Å²) in [6.07, 6.45) is 1.62. The van der Waals surface area contributed by atoms with Gasteiger partial charge in [-0.1, -0.05) is 91.0 Å². The van der Waals surface area contributed by atoms with Crippen molar-refractivity contribution >= 4 is 5.57 Å². The Kier molecular flexibility index (Phi) is 3.96. The second-order valence-corrected chi connectivity index (χ2v) is 6.55. The molecule has 120 valence electrons. The van der Waals surface area contributed by atoms with E-state index in [0.29, 0.717) is 6.42 Å². The SMILES string of the molecule is N#CC(Cc1ccccc1)(C1=C(c2ccccc2)C1)c1ccccc1. The van der Waals surface area contributed by atoms with Gasteiger partial charge in [-0.25, -0.2) is 0 Å². The van der Waals surface area contributed by atoms with E-state index in [1.54, 1.807) is 0 Å². The molecule has 0 aromatic heterocycles. The van der Waals surface area contributed by atoms with Crippen LogP contribution in [0, 0.1) is 11.3 Å². The van der Waals surface area contributed by atoms with Gasteiger partial charge in [0, 0.05) is 0 Å². The van der Waals surface area contributed by atoms with Crippen LogP contribution in [-0.4, -0.2) is 0 Å². The fraction of sp³-hybridized carbons (Fsp3) is 0.125. The van der Waals surface area contributed by atoms with Gasteiger partial charge in [0.15, 0.2) is 0 Å². The molecule has 0 bridgehead atoms. The Morgan fingerprint density at radius 2 is 1.32 bits per heavy atom. The quantitative estimate of drug-likeness (QED) is 0.604. The predicted octanol–water partition coefficient (Wildman–Crippen LogP) is 5.55. The van der Waals surface area contributed by atoms with Crippen molar-refractivity contribution in [3.05, 3.63) is 113 Å². The monoisotopic (exact) mass is 321 g/mol. The Balaban J connectivity index is 1.83. The molecule has 0 fully saturated rings. The summed E-state index contributed by atoms with van der Waals surface area (Å²) in [5, 5.41) is 10.3. The van der Waals surface area contributed by atoms with Crippen molar-refractivity contribution in [1.29, 1.82) is 5.26 Å². The molecule has 1 aliphatic rings. The number of hydrogen-bond donors (Lipinski definition) is 0. The van der Waals surface area contributed by atoms with E-state index >= 15 is 0 Å². The molecule has 1 unspecified atom stereocenters. The van der Waals surface area contributed by atoms with Gasteiger partial charge in [-0.2, -0.15) is 5.26 Å². The van der Waals surface area contributed by atoms with Crippen LogP contribution >= 0.6 is 0 Å². The highest BCUT2D eigenvalue weighted by molar-refractivity contribution is 5.86. The zero-order chi connectivity index (χ0) is 17.1. The number of benzene rings is 3. The van der Waals surface area contributed by atoms with Crippen LogP contribution in [0.25, 0.3) is 5.57 Å². The largest absolute Gasteiger partial charge is 0.197 e. The lowest BCUT2D eigenvalue weighted by atomic mass is 9.74. The lowest BCUT2D eigenvalue weighted by molar-refractivity contribution is 0.654. The van der Waals surface area contributed by atoms with E-state index in [1.807, 2.05) is 42.5 Å². The van der Waals surface area contributed by atoms with Gasteiger partial charge in [-0.3, -0.25) is 0 Å². The van der Waals surface area contributed by atoms with Crippen molar-refractivity contribution in [2.45, 2.75) is 18.3 Å². The molecule has 3 aromatic carbocycles. The van der Waals surface area contributed by atoms with Gasteiger partial charge in [0.05, 0.1) is 6.07 Å². The first-order chi connectivity index (χ1) is 12.3. The summed E-state index contributed by atoms with van der Waals surface area (Å²) >= 11 is 0. The van der Waals surface area contributed by atoms with Gasteiger partial charge in [0.1, 0.15) is 5.41 Å². The molecule has 1 aliphatic carbocycles. The van der Waals surface area contributed by atoms with E-state index in [-0.39, 0.29) is 0 Å². The molecule has 1 nitrogen and oxygen atoms in total. The molecule has 0 aliphatic heterocycles. The first kappa shape index (κ1) is 15.4. The van der Waals surface area contributed by atoms with Crippen LogP contribution in [0.3, 0.4) is 0 Å². The molecule has 0 N–H and O–H groups in total. The molecule has 0 amide bonds. The second-order valence-electron chi connectivity index (χ2n) is 6.55. The van der Waals surface area contributed by atoms with Gasteiger partial charge >= 0.3 is 0 Å². The summed E-state index contributed by atoms with van der Waals surface area (Å²) < 4.78 is 0. The zero-order valence-corrected chi connectivity index (χ0v) is 14.0. The Bertz CT molecular complexity index is 934. The molecule has 0 radical (unpaired) electrons. The summed E-state index contributed by atoms with van der Waals surface area (Å²) in [5.41, 5.74) is 5.51. The van der Waals surface area contributed by atoms with Crippen molar-refractivity contribution in [2.24, 2.45) is 0 Å². The first-order valence-corrected chi connectivity index (χ1v) is 8.62. The molecule has 1 atom stereocenters. The molecule has 0 heterocycles. The van der Waals surface area contributed by atoms with Crippen LogP contribution in [-0.2, 0) is 11.8 Å². The molecule has 3 aromatic rings. The summed E-state index contributed by atoms with van der Waals surface area (Å²) in [6, 6.07) is 33.7. The van der Waals surface area contributed by atoms with Crippen LogP contribution in [0.4, 0.5) is 0 Å². The molecule has 25 heavy (non-hydrogen) atoms. The minimum Gasteiger partial charge on any atom is -0.197 e. The Morgan fingerprint density at radius 1 is 0.760 bits per heavy atom. The first-order valence-electron chi connectivity index (χ1n) is 8.62. The van der Waals surface area contributed by atoms with E-state index in [0.717, 1.165) is 12.0 Å². The summed E-state index contributed by atoms with van der Waals surface area (Å²) in [6.45, 7) is 0. The van der Waals surface area contributed by atoms with E-state index in [9.17, 15) is 5.26 Å². The maximum absolute atomic E-state index is 10.3. The van der Waals surface area contributed by atoms with Crippen LogP contribution < -0.4 is 0 Å². The minimum atomic E-state index is -0.589. The van der Waals surface area contributed by atoms with Gasteiger partial charge in [0.2, 0.25) is 0 Å². The normalized spacial score (nSPS) is 15.3. The van der Waals surface area contributed by atoms with Gasteiger partial charge in [0.25, 0.3) is 0 Å². The van der Waals surface area contributed by atoms with Crippen LogP contribution in [0.5, 0.6) is 0 Å². The highest BCUT2D eigenvalue weighted by atomic mass is 14.5. The molecular weight excluding hydrogens is 302 g/mol. The zero-order valence-electron chi connectivity index (χ0n) is 14.0. The molecule has 0 saturated heterocycles. The predicted molar refractivity (Wildman–Crippen MR) is 102 cm³/mol. The van der Waals surface area contributed by atoms with Gasteiger partial charge < -0.3 is 0 Å². The summed E-state index contributed by atoms with van der Waals surface area (Å²) in [5.74, 6) is 0. The Morgan fingerprint density at radius 3 is 1.92 bits per heavy atom. The average Bonchev–Trinajstić information content (AvgIpc) is 3.50. The lowest BCUT2D eigenvalue weighted by Gasteiger charge is -2.25. The number of allylic oxidation sites excluding steroid dienone is 2. The third-order valence-corrected chi connectivity index (χ3v) is 5.00. The molecule has 4 rings (SSSR count). The third kappa shape index (κ3) is 2.88. The van der Waals surface area contributed by atoms with Crippen LogP contribution in [0.2, 0.25) is 0 Å². The highest BCUT2D eigenvalue weighted by Gasteiger charge is 2.44. The van der Waals surface area contributed by atoms with Crippen LogP contribution in [0.1, 0.15) is 23.1 Å². The fourth-order valence-electron chi connectivity index (χ4n) is 3.64. The topological polar surface area (TPSA) is 23.8 Å². The molecule has 0 spiro atoms. The Labute approximate surface area is 148 Å². The van der Waals surface area contributed by atoms with E-state index in [1.165, 1.54) is 22.3 Å². The summed E-state index contributed by atoms with van der Waals surface area (Å²) in [4.78, 5) is 0. The average molecular weight is 321 g/mol. The van der Waals surface area contributed by atoms with Crippen molar-refractivity contribution in [1.82, 2.24) is 0 Å². The molecule has 0 saturated carbocycles. The maximum Gasteiger partial charge on any atom is 0.108 e. The van der Waals surface area contributed by atoms with Crippen molar-refractivity contribution in [3.63, 3.8) is 0 Å². The maximum atomic E-state index is 10.3. The smallest absolute Gasteiger partial charge is 0.108 e. The van der Waals surface area contributed by atoms with Gasteiger partial charge in [-0.05, 0) is 40.7 Å².